The summed E-state index contributed by atoms with van der Waals surface area (Å²) in [6, 6.07) is 8.02. The zero-order chi connectivity index (χ0) is 23.0. The molecule has 0 N–H and O–H groups in total. The molecule has 1 aliphatic heterocycles. The third kappa shape index (κ3) is 4.47. The van der Waals surface area contributed by atoms with Gasteiger partial charge in [-0.2, -0.15) is 4.98 Å². The number of rotatable bonds is 5. The van der Waals surface area contributed by atoms with Crippen LogP contribution in [0.1, 0.15) is 37.0 Å². The second-order valence-electron chi connectivity index (χ2n) is 7.94. The summed E-state index contributed by atoms with van der Waals surface area (Å²) >= 11 is 1.09. The topological polar surface area (TPSA) is 76.6 Å². The van der Waals surface area contributed by atoms with E-state index in [9.17, 15) is 22.0 Å². The number of aromatic nitrogens is 1. The lowest BCUT2D eigenvalue weighted by atomic mass is 10.1. The van der Waals surface area contributed by atoms with Gasteiger partial charge in [-0.15, -0.1) is 0 Å². The Hall–Kier alpha value is -2.59. The Morgan fingerprint density at radius 2 is 1.81 bits per heavy atom. The van der Waals surface area contributed by atoms with Crippen LogP contribution in [0, 0.1) is 11.6 Å². The first-order valence-corrected chi connectivity index (χ1v) is 12.6. The Labute approximate surface area is 188 Å². The molecule has 0 unspecified atom stereocenters. The molecule has 6 nitrogen and oxygen atoms in total. The average molecular weight is 481 g/mol. The maximum Gasteiger partial charge on any atom is 0.274 e. The predicted octanol–water partition coefficient (Wildman–Crippen LogP) is 4.44. The van der Waals surface area contributed by atoms with Crippen LogP contribution in [0.25, 0.3) is 10.2 Å². The molecule has 1 saturated heterocycles. The molecule has 1 fully saturated rings. The highest BCUT2D eigenvalue weighted by molar-refractivity contribution is 7.92. The van der Waals surface area contributed by atoms with Gasteiger partial charge in [-0.25, -0.2) is 17.2 Å². The van der Waals surface area contributed by atoms with E-state index in [4.69, 9.17) is 4.74 Å². The number of ether oxygens (including phenoxy) is 1. The van der Waals surface area contributed by atoms with Crippen LogP contribution in [-0.4, -0.2) is 48.7 Å². The number of hydrogen-bond donors (Lipinski definition) is 0. The lowest BCUT2D eigenvalue weighted by Crippen LogP contribution is -2.41. The van der Waals surface area contributed by atoms with Crippen molar-refractivity contribution in [3.8, 4) is 5.19 Å². The summed E-state index contributed by atoms with van der Waals surface area (Å²) in [5, 5.41) is -0.259. The van der Waals surface area contributed by atoms with E-state index in [2.05, 4.69) is 4.98 Å². The van der Waals surface area contributed by atoms with E-state index in [0.717, 1.165) is 17.4 Å². The Morgan fingerprint density at radius 1 is 1.16 bits per heavy atom. The van der Waals surface area contributed by atoms with Crippen molar-refractivity contribution >= 4 is 37.3 Å². The maximum absolute atomic E-state index is 13.8. The van der Waals surface area contributed by atoms with Crippen molar-refractivity contribution in [3.05, 3.63) is 53.6 Å². The van der Waals surface area contributed by atoms with Crippen molar-refractivity contribution in [2.45, 2.75) is 42.9 Å². The second-order valence-corrected chi connectivity index (χ2v) is 11.4. The van der Waals surface area contributed by atoms with Crippen LogP contribution >= 0.6 is 11.3 Å². The highest BCUT2D eigenvalue weighted by Gasteiger charge is 2.26. The fourth-order valence-electron chi connectivity index (χ4n) is 3.55. The minimum Gasteiger partial charge on any atom is -0.467 e. The molecule has 32 heavy (non-hydrogen) atoms. The van der Waals surface area contributed by atoms with Crippen LogP contribution in [0.5, 0.6) is 5.19 Å². The van der Waals surface area contributed by atoms with Gasteiger partial charge in [0.2, 0.25) is 0 Å². The third-order valence-corrected chi connectivity index (χ3v) is 8.50. The van der Waals surface area contributed by atoms with Gasteiger partial charge in [0.1, 0.15) is 17.4 Å². The van der Waals surface area contributed by atoms with Gasteiger partial charge in [0.05, 0.1) is 14.8 Å². The predicted molar refractivity (Wildman–Crippen MR) is 118 cm³/mol. The number of thiazole rings is 1. The first-order valence-electron chi connectivity index (χ1n) is 10.2. The van der Waals surface area contributed by atoms with Crippen molar-refractivity contribution in [3.63, 3.8) is 0 Å². The molecular formula is C22H22F2N2O4S2. The second kappa shape index (κ2) is 8.74. The number of hydrogen-bond acceptors (Lipinski definition) is 6. The molecule has 1 amide bonds. The normalized spacial score (nSPS) is 15.5. The van der Waals surface area contributed by atoms with Crippen molar-refractivity contribution < 1.29 is 26.7 Å². The summed E-state index contributed by atoms with van der Waals surface area (Å²) in [6.07, 6.45) is 0.947. The minimum atomic E-state index is -3.39. The van der Waals surface area contributed by atoms with E-state index in [1.807, 2.05) is 0 Å². The van der Waals surface area contributed by atoms with E-state index >= 15 is 0 Å². The molecule has 1 aromatic heterocycles. The number of halogens is 2. The number of sulfone groups is 1. The molecule has 0 atom stereocenters. The maximum atomic E-state index is 13.8. The molecule has 2 heterocycles. The summed E-state index contributed by atoms with van der Waals surface area (Å²) < 4.78 is 57.9. The van der Waals surface area contributed by atoms with E-state index in [1.165, 1.54) is 30.3 Å². The van der Waals surface area contributed by atoms with Gasteiger partial charge in [0, 0.05) is 37.6 Å². The van der Waals surface area contributed by atoms with E-state index < -0.39 is 26.7 Å². The highest BCUT2D eigenvalue weighted by Crippen LogP contribution is 2.32. The molecule has 0 spiro atoms. The van der Waals surface area contributed by atoms with Crippen molar-refractivity contribution in [1.82, 2.24) is 9.88 Å². The lowest BCUT2D eigenvalue weighted by molar-refractivity contribution is 0.0595. The molecule has 3 aromatic rings. The van der Waals surface area contributed by atoms with E-state index in [0.29, 0.717) is 36.2 Å². The number of likely N-dealkylation sites (tertiary alicyclic amines) is 1. The fraction of sp³-hybridized carbons (Fsp3) is 0.364. The first kappa shape index (κ1) is 22.6. The number of carbonyl (C=O) groups excluding carboxylic acids is 1. The van der Waals surface area contributed by atoms with Gasteiger partial charge in [0.25, 0.3) is 11.1 Å². The van der Waals surface area contributed by atoms with Crippen molar-refractivity contribution in [2.75, 3.05) is 13.1 Å². The number of nitrogens with zero attached hydrogens (tertiary/aromatic N) is 2. The lowest BCUT2D eigenvalue weighted by Gasteiger charge is -2.31. The molecular weight excluding hydrogens is 458 g/mol. The molecule has 10 heteroatoms. The number of amides is 1. The average Bonchev–Trinajstić information content (AvgIpc) is 3.16. The van der Waals surface area contributed by atoms with Gasteiger partial charge in [-0.1, -0.05) is 11.3 Å². The Kier molecular flexibility index (Phi) is 6.17. The molecule has 1 aliphatic rings. The molecule has 2 aromatic carbocycles. The summed E-state index contributed by atoms with van der Waals surface area (Å²) in [4.78, 5) is 18.8. The summed E-state index contributed by atoms with van der Waals surface area (Å²) in [5.41, 5.74) is 0.512. The summed E-state index contributed by atoms with van der Waals surface area (Å²) in [7, 11) is -3.39. The summed E-state index contributed by atoms with van der Waals surface area (Å²) in [6.45, 7) is 4.15. The van der Waals surface area contributed by atoms with E-state index in [-0.39, 0.29) is 27.6 Å². The van der Waals surface area contributed by atoms with Crippen LogP contribution in [0.3, 0.4) is 0 Å². The minimum absolute atomic E-state index is 0.0851. The standard InChI is InChI=1S/C22H22F2N2O4S2/c1-13(2)32(28,29)17-5-3-14(4-6-17)21(27)26-9-7-16(8-10-26)30-22-25-20-18(24)11-15(23)12-19(20)31-22/h3-6,11-13,16H,7-10H2,1-2H3. The molecule has 0 bridgehead atoms. The molecule has 0 aliphatic carbocycles. The van der Waals surface area contributed by atoms with Crippen molar-refractivity contribution in [1.29, 1.82) is 0 Å². The zero-order valence-corrected chi connectivity index (χ0v) is 19.2. The number of carbonyl (C=O) groups is 1. The number of piperidine rings is 1. The van der Waals surface area contributed by atoms with Crippen LogP contribution in [-0.2, 0) is 9.84 Å². The van der Waals surface area contributed by atoms with Gasteiger partial charge in [-0.3, -0.25) is 4.79 Å². The molecule has 170 valence electrons. The van der Waals surface area contributed by atoms with Crippen LogP contribution in [0.15, 0.2) is 41.3 Å². The summed E-state index contributed by atoms with van der Waals surface area (Å²) in [5.74, 6) is -1.56. The van der Waals surface area contributed by atoms with Crippen molar-refractivity contribution in [2.24, 2.45) is 0 Å². The largest absolute Gasteiger partial charge is 0.467 e. The fourth-order valence-corrected chi connectivity index (χ4v) is 5.53. The van der Waals surface area contributed by atoms with Crippen LogP contribution < -0.4 is 4.74 Å². The van der Waals surface area contributed by atoms with Crippen LogP contribution in [0.4, 0.5) is 8.78 Å². The van der Waals surface area contributed by atoms with E-state index in [1.54, 1.807) is 18.7 Å². The quantitative estimate of drug-likeness (QED) is 0.540. The van der Waals surface area contributed by atoms with Gasteiger partial charge < -0.3 is 9.64 Å². The third-order valence-electron chi connectivity index (χ3n) is 5.44. The molecule has 0 saturated carbocycles. The first-order chi connectivity index (χ1) is 15.1. The Balaban J connectivity index is 1.37. The van der Waals surface area contributed by atoms with Crippen LogP contribution in [0.2, 0.25) is 0 Å². The number of fused-ring (bicyclic) bond motifs is 1. The monoisotopic (exact) mass is 480 g/mol. The molecule has 4 rings (SSSR count). The SMILES string of the molecule is CC(C)S(=O)(=O)c1ccc(C(=O)N2CCC(Oc3nc4c(F)cc(F)cc4s3)CC2)cc1. The van der Waals surface area contributed by atoms with Gasteiger partial charge in [0.15, 0.2) is 15.7 Å². The Bertz CT molecular complexity index is 1250. The number of benzene rings is 2. The van der Waals surface area contributed by atoms with Gasteiger partial charge in [-0.05, 0) is 44.2 Å². The Morgan fingerprint density at radius 3 is 2.44 bits per heavy atom. The van der Waals surface area contributed by atoms with Gasteiger partial charge >= 0.3 is 0 Å². The zero-order valence-electron chi connectivity index (χ0n) is 17.5. The highest BCUT2D eigenvalue weighted by atomic mass is 32.2. The molecule has 0 radical (unpaired) electrons. The smallest absolute Gasteiger partial charge is 0.274 e.